The first-order chi connectivity index (χ1) is 18.8. The van der Waals surface area contributed by atoms with Gasteiger partial charge in [0.05, 0.1) is 25.0 Å². The lowest BCUT2D eigenvalue weighted by atomic mass is 9.93. The summed E-state index contributed by atoms with van der Waals surface area (Å²) in [4.78, 5) is 31.2. The number of aromatic nitrogens is 2. The van der Waals surface area contributed by atoms with E-state index in [1.807, 2.05) is 56.3 Å². The topological polar surface area (TPSA) is 116 Å². The normalized spacial score (nSPS) is 11.3. The van der Waals surface area contributed by atoms with Crippen molar-refractivity contribution in [3.05, 3.63) is 72.2 Å². The quantitative estimate of drug-likeness (QED) is 0.111. The van der Waals surface area contributed by atoms with Gasteiger partial charge in [0.25, 0.3) is 0 Å². The number of hydroxylamine groups is 1. The molecule has 0 aliphatic heterocycles. The number of ether oxygens (including phenoxy) is 1. The third-order valence-electron chi connectivity index (χ3n) is 6.11. The average Bonchev–Trinajstić information content (AvgIpc) is 3.42. The van der Waals surface area contributed by atoms with Crippen LogP contribution in [-0.2, 0) is 16.1 Å². The minimum absolute atomic E-state index is 0.0477. The Labute approximate surface area is 232 Å². The Morgan fingerprint density at radius 2 is 1.74 bits per heavy atom. The van der Waals surface area contributed by atoms with E-state index in [4.69, 9.17) is 9.94 Å². The molecule has 1 atom stereocenters. The Bertz CT molecular complexity index is 1100. The number of nitrogens with one attached hydrogen (secondary N) is 3. The molecule has 3 aromatic rings. The molecular weight excluding hydrogens is 492 g/mol. The molecule has 0 saturated heterocycles. The maximum atomic E-state index is 12.4. The van der Waals surface area contributed by atoms with Crippen LogP contribution in [0.2, 0.25) is 0 Å². The predicted molar refractivity (Wildman–Crippen MR) is 154 cm³/mol. The lowest BCUT2D eigenvalue weighted by Crippen LogP contribution is -2.35. The fourth-order valence-electron chi connectivity index (χ4n) is 4.01. The van der Waals surface area contributed by atoms with E-state index in [0.717, 1.165) is 23.6 Å². The molecule has 1 aromatic heterocycles. The van der Waals surface area contributed by atoms with Gasteiger partial charge in [-0.2, -0.15) is 0 Å². The molecule has 0 radical (unpaired) electrons. The summed E-state index contributed by atoms with van der Waals surface area (Å²) >= 11 is 0. The van der Waals surface area contributed by atoms with Crippen molar-refractivity contribution in [2.45, 2.75) is 72.8 Å². The number of rotatable bonds is 14. The Hall–Kier alpha value is -3.65. The first-order valence-corrected chi connectivity index (χ1v) is 13.8. The van der Waals surface area contributed by atoms with Gasteiger partial charge in [-0.25, -0.2) is 10.5 Å². The summed E-state index contributed by atoms with van der Waals surface area (Å²) in [6.45, 7) is 9.38. The number of imidazole rings is 1. The van der Waals surface area contributed by atoms with E-state index >= 15 is 0 Å². The average molecular weight is 537 g/mol. The van der Waals surface area contributed by atoms with Crippen LogP contribution < -0.4 is 15.5 Å². The summed E-state index contributed by atoms with van der Waals surface area (Å²) in [6.07, 6.45) is 7.29. The predicted octanol–water partition coefficient (Wildman–Crippen LogP) is 6.20. The van der Waals surface area contributed by atoms with Gasteiger partial charge in [0.1, 0.15) is 11.6 Å². The molecule has 2 amide bonds. The minimum Gasteiger partial charge on any atom is -0.494 e. The molecule has 0 fully saturated rings. The van der Waals surface area contributed by atoms with Gasteiger partial charge in [-0.3, -0.25) is 14.8 Å². The van der Waals surface area contributed by atoms with Gasteiger partial charge in [-0.15, -0.1) is 0 Å². The van der Waals surface area contributed by atoms with Gasteiger partial charge in [-0.05, 0) is 43.4 Å². The summed E-state index contributed by atoms with van der Waals surface area (Å²) in [7, 11) is 0. The van der Waals surface area contributed by atoms with Crippen LogP contribution in [0.25, 0.3) is 11.3 Å². The van der Waals surface area contributed by atoms with Crippen LogP contribution in [-0.4, -0.2) is 33.6 Å². The highest BCUT2D eigenvalue weighted by Gasteiger charge is 2.23. The molecule has 0 spiro atoms. The molecule has 8 heteroatoms. The molecule has 1 heterocycles. The van der Waals surface area contributed by atoms with Crippen molar-refractivity contribution in [1.29, 1.82) is 0 Å². The lowest BCUT2D eigenvalue weighted by Gasteiger charge is -2.17. The fraction of sp³-hybridized carbons (Fsp3) is 0.452. The highest BCUT2D eigenvalue weighted by molar-refractivity contribution is 5.85. The number of nitrogens with zero attached hydrogens (tertiary/aromatic N) is 1. The van der Waals surface area contributed by atoms with E-state index in [9.17, 15) is 9.59 Å². The summed E-state index contributed by atoms with van der Waals surface area (Å²) in [5.74, 6) is 0.612. The number of hydrogen-bond acceptors (Lipinski definition) is 5. The summed E-state index contributed by atoms with van der Waals surface area (Å²) in [6, 6.07) is 18.0. The SMILES string of the molecule is CC(C)CC(CC(=O)NO)C(=O)NCc1ncc(-c2ccccc2)[nH]1.CCCCCCOc1ccc(C)cc1. The Balaban J connectivity index is 0.000000322. The number of carbonyl (C=O) groups excluding carboxylic acids is 2. The zero-order valence-electron chi connectivity index (χ0n) is 23.7. The van der Waals surface area contributed by atoms with Gasteiger partial charge in [-0.1, -0.05) is 88.1 Å². The standard InChI is InChI=1S/C18H24N4O3.C13H20O/c1-12(2)8-14(9-17(23)22-25)18(24)20-11-16-19-10-15(21-16)13-6-4-3-5-7-13;1-3-4-5-6-11-14-13-9-7-12(2)8-10-13/h3-7,10,12,14,25H,8-9,11H2,1-2H3,(H,19,21)(H,20,24)(H,22,23);7-10H,3-6,11H2,1-2H3. The van der Waals surface area contributed by atoms with E-state index in [-0.39, 0.29) is 24.8 Å². The van der Waals surface area contributed by atoms with E-state index in [0.29, 0.717) is 12.2 Å². The van der Waals surface area contributed by atoms with Gasteiger partial charge in [0.2, 0.25) is 11.8 Å². The van der Waals surface area contributed by atoms with Gasteiger partial charge in [0, 0.05) is 12.3 Å². The number of H-pyrrole nitrogens is 1. The zero-order chi connectivity index (χ0) is 28.5. The second-order valence-corrected chi connectivity index (χ2v) is 10.1. The molecular formula is C31H44N4O4. The van der Waals surface area contributed by atoms with E-state index in [1.54, 1.807) is 11.7 Å². The molecule has 0 bridgehead atoms. The molecule has 212 valence electrons. The number of aryl methyl sites for hydroxylation is 1. The molecule has 39 heavy (non-hydrogen) atoms. The van der Waals surface area contributed by atoms with Crippen molar-refractivity contribution in [2.75, 3.05) is 6.61 Å². The first-order valence-electron chi connectivity index (χ1n) is 13.8. The van der Waals surface area contributed by atoms with E-state index < -0.39 is 11.8 Å². The highest BCUT2D eigenvalue weighted by Crippen LogP contribution is 2.18. The van der Waals surface area contributed by atoms with E-state index in [2.05, 4.69) is 41.3 Å². The largest absolute Gasteiger partial charge is 0.494 e. The lowest BCUT2D eigenvalue weighted by molar-refractivity contribution is -0.135. The molecule has 0 aliphatic carbocycles. The number of carbonyl (C=O) groups is 2. The van der Waals surface area contributed by atoms with Gasteiger partial charge < -0.3 is 15.0 Å². The third kappa shape index (κ3) is 12.6. The molecule has 0 aliphatic rings. The van der Waals surface area contributed by atoms with Crippen molar-refractivity contribution >= 4 is 11.8 Å². The van der Waals surface area contributed by atoms with Crippen LogP contribution >= 0.6 is 0 Å². The van der Waals surface area contributed by atoms with Crippen LogP contribution in [0.5, 0.6) is 5.75 Å². The molecule has 3 rings (SSSR count). The number of amides is 2. The smallest absolute Gasteiger partial charge is 0.244 e. The molecule has 2 aromatic carbocycles. The van der Waals surface area contributed by atoms with Crippen molar-refractivity contribution in [3.8, 4) is 17.0 Å². The minimum atomic E-state index is -0.565. The summed E-state index contributed by atoms with van der Waals surface area (Å²) < 4.78 is 5.61. The molecule has 1 unspecified atom stereocenters. The van der Waals surface area contributed by atoms with Gasteiger partial charge in [0.15, 0.2) is 0 Å². The van der Waals surface area contributed by atoms with Crippen LogP contribution in [0.1, 0.15) is 70.7 Å². The summed E-state index contributed by atoms with van der Waals surface area (Å²) in [5, 5.41) is 11.5. The molecule has 4 N–H and O–H groups in total. The number of aromatic amines is 1. The second kappa shape index (κ2) is 17.8. The van der Waals surface area contributed by atoms with Crippen LogP contribution in [0.15, 0.2) is 60.8 Å². The van der Waals surface area contributed by atoms with Crippen LogP contribution in [0, 0.1) is 18.8 Å². The van der Waals surface area contributed by atoms with E-state index in [1.165, 1.54) is 31.2 Å². The number of benzene rings is 2. The third-order valence-corrected chi connectivity index (χ3v) is 6.11. The second-order valence-electron chi connectivity index (χ2n) is 10.1. The molecule has 8 nitrogen and oxygen atoms in total. The van der Waals surface area contributed by atoms with Crippen molar-refractivity contribution < 1.29 is 19.5 Å². The maximum absolute atomic E-state index is 12.4. The Kier molecular flexibility index (Phi) is 14.4. The monoisotopic (exact) mass is 536 g/mol. The molecule has 0 saturated carbocycles. The first kappa shape index (κ1) is 31.6. The fourth-order valence-corrected chi connectivity index (χ4v) is 4.01. The maximum Gasteiger partial charge on any atom is 0.244 e. The highest BCUT2D eigenvalue weighted by atomic mass is 16.5. The van der Waals surface area contributed by atoms with Crippen molar-refractivity contribution in [2.24, 2.45) is 11.8 Å². The number of hydrogen-bond donors (Lipinski definition) is 4. The van der Waals surface area contributed by atoms with Crippen molar-refractivity contribution in [3.63, 3.8) is 0 Å². The Morgan fingerprint density at radius 3 is 2.38 bits per heavy atom. The zero-order valence-corrected chi connectivity index (χ0v) is 23.7. The summed E-state index contributed by atoms with van der Waals surface area (Å²) in [5.41, 5.74) is 4.76. The number of unbranched alkanes of at least 4 members (excludes halogenated alkanes) is 3. The van der Waals surface area contributed by atoms with Crippen LogP contribution in [0.4, 0.5) is 0 Å². The van der Waals surface area contributed by atoms with Crippen LogP contribution in [0.3, 0.4) is 0 Å². The van der Waals surface area contributed by atoms with Crippen molar-refractivity contribution in [1.82, 2.24) is 20.8 Å². The van der Waals surface area contributed by atoms with Gasteiger partial charge >= 0.3 is 0 Å². The Morgan fingerprint density at radius 1 is 1.03 bits per heavy atom.